The number of amides is 1. The van der Waals surface area contributed by atoms with Crippen molar-refractivity contribution in [2.75, 3.05) is 11.9 Å². The molecule has 0 saturated heterocycles. The molecule has 0 aliphatic rings. The molecule has 33 heavy (non-hydrogen) atoms. The summed E-state index contributed by atoms with van der Waals surface area (Å²) in [6.07, 6.45) is 1.58. The van der Waals surface area contributed by atoms with Gasteiger partial charge in [0.15, 0.2) is 0 Å². The van der Waals surface area contributed by atoms with Gasteiger partial charge in [-0.3, -0.25) is 9.78 Å². The molecule has 3 N–H and O–H groups in total. The van der Waals surface area contributed by atoms with Crippen molar-refractivity contribution in [2.24, 2.45) is 0 Å². The largest absolute Gasteiger partial charge is 0.394 e. The lowest BCUT2D eigenvalue weighted by molar-refractivity contribution is -0.120. The van der Waals surface area contributed by atoms with Gasteiger partial charge in [0, 0.05) is 30.6 Å². The van der Waals surface area contributed by atoms with Crippen LogP contribution >= 0.6 is 11.6 Å². The van der Waals surface area contributed by atoms with Crippen LogP contribution in [0.2, 0.25) is 5.02 Å². The van der Waals surface area contributed by atoms with Gasteiger partial charge in [-0.2, -0.15) is 0 Å². The summed E-state index contributed by atoms with van der Waals surface area (Å²) in [5, 5.41) is 16.8. The fourth-order valence-corrected chi connectivity index (χ4v) is 3.96. The van der Waals surface area contributed by atoms with E-state index in [0.29, 0.717) is 16.3 Å². The van der Waals surface area contributed by atoms with E-state index in [-0.39, 0.29) is 24.9 Å². The van der Waals surface area contributed by atoms with Crippen LogP contribution in [-0.2, 0) is 11.3 Å². The molecule has 168 valence electrons. The number of hydrogen-bond acceptors (Lipinski definition) is 4. The number of rotatable bonds is 7. The molecule has 4 aromatic rings. The Morgan fingerprint density at radius 1 is 1.09 bits per heavy atom. The smallest absolute Gasteiger partial charge is 0.217 e. The predicted molar refractivity (Wildman–Crippen MR) is 130 cm³/mol. The van der Waals surface area contributed by atoms with Gasteiger partial charge >= 0.3 is 0 Å². The Morgan fingerprint density at radius 3 is 2.52 bits per heavy atom. The van der Waals surface area contributed by atoms with Crippen molar-refractivity contribution in [3.63, 3.8) is 0 Å². The summed E-state index contributed by atoms with van der Waals surface area (Å²) >= 11 is 6.44. The minimum absolute atomic E-state index is 0.184. The van der Waals surface area contributed by atoms with Gasteiger partial charge in [-0.15, -0.1) is 0 Å². The molecule has 1 heterocycles. The van der Waals surface area contributed by atoms with Crippen molar-refractivity contribution >= 4 is 34.1 Å². The molecule has 0 bridgehead atoms. The van der Waals surface area contributed by atoms with Gasteiger partial charge in [-0.25, -0.2) is 4.39 Å². The molecule has 1 atom stereocenters. The summed E-state index contributed by atoms with van der Waals surface area (Å²) in [7, 11) is 0. The van der Waals surface area contributed by atoms with Crippen LogP contribution in [0.25, 0.3) is 22.0 Å². The molecule has 0 saturated carbocycles. The van der Waals surface area contributed by atoms with Gasteiger partial charge in [-0.05, 0) is 34.9 Å². The van der Waals surface area contributed by atoms with Gasteiger partial charge in [0.25, 0.3) is 0 Å². The normalized spacial score (nSPS) is 11.9. The summed E-state index contributed by atoms with van der Waals surface area (Å²) in [6.45, 7) is 1.52. The van der Waals surface area contributed by atoms with Crippen LogP contribution in [0.1, 0.15) is 24.1 Å². The van der Waals surface area contributed by atoms with Crippen molar-refractivity contribution in [1.82, 2.24) is 10.3 Å². The van der Waals surface area contributed by atoms with Crippen LogP contribution in [0.15, 0.2) is 72.9 Å². The average molecular weight is 464 g/mol. The number of nitrogens with zero attached hydrogens (tertiary/aromatic N) is 1. The van der Waals surface area contributed by atoms with E-state index >= 15 is 0 Å². The molecule has 0 fully saturated rings. The molecule has 0 radical (unpaired) electrons. The molecule has 1 aromatic heterocycles. The lowest BCUT2D eigenvalue weighted by Crippen LogP contribution is -2.28. The molecule has 5 nitrogen and oxygen atoms in total. The third-order valence-electron chi connectivity index (χ3n) is 5.44. The first-order valence-electron chi connectivity index (χ1n) is 10.5. The molecular weight excluding hydrogens is 441 g/mol. The third kappa shape index (κ3) is 5.13. The van der Waals surface area contributed by atoms with E-state index in [1.54, 1.807) is 24.4 Å². The molecule has 1 amide bonds. The summed E-state index contributed by atoms with van der Waals surface area (Å²) in [5.41, 5.74) is 4.72. The number of fused-ring (bicyclic) bond motifs is 1. The number of hydrogen-bond donors (Lipinski definition) is 3. The van der Waals surface area contributed by atoms with Crippen LogP contribution in [0.4, 0.5) is 10.1 Å². The Balaban J connectivity index is 1.65. The van der Waals surface area contributed by atoms with Crippen LogP contribution in [0.3, 0.4) is 0 Å². The number of aliphatic hydroxyl groups excluding tert-OH is 1. The van der Waals surface area contributed by atoms with Gasteiger partial charge in [0.1, 0.15) is 5.82 Å². The van der Waals surface area contributed by atoms with E-state index in [9.17, 15) is 14.3 Å². The Hall–Kier alpha value is -3.48. The molecule has 1 unspecified atom stereocenters. The Bertz CT molecular complexity index is 1290. The maximum absolute atomic E-state index is 14.1. The fourth-order valence-electron chi connectivity index (χ4n) is 3.74. The monoisotopic (exact) mass is 463 g/mol. The third-order valence-corrected chi connectivity index (χ3v) is 5.73. The number of aliphatic hydroxyl groups is 1. The number of benzene rings is 3. The van der Waals surface area contributed by atoms with Gasteiger partial charge in [0.05, 0.1) is 28.9 Å². The molecule has 0 spiro atoms. The summed E-state index contributed by atoms with van der Waals surface area (Å²) in [6, 6.07) is 19.7. The van der Waals surface area contributed by atoms with Crippen LogP contribution in [0, 0.1) is 5.82 Å². The average Bonchev–Trinajstić information content (AvgIpc) is 2.82. The standard InChI is InChI=1S/C26H23ClFN3O2/c1-16(33)31-25(15-32)18-8-6-17(7-9-18)19-10-11-24-21(12-19)26(22(27)14-29-24)30-13-20-4-2-3-5-23(20)28/h2-12,14,25,32H,13,15H2,1H3,(H,29,30)(H,31,33). The summed E-state index contributed by atoms with van der Waals surface area (Å²) < 4.78 is 14.1. The number of nitrogens with one attached hydrogen (secondary N) is 2. The van der Waals surface area contributed by atoms with E-state index in [1.165, 1.54) is 13.0 Å². The van der Waals surface area contributed by atoms with Crippen molar-refractivity contribution in [3.05, 3.63) is 94.9 Å². The topological polar surface area (TPSA) is 74.2 Å². The van der Waals surface area contributed by atoms with Crippen molar-refractivity contribution in [3.8, 4) is 11.1 Å². The van der Waals surface area contributed by atoms with E-state index in [0.717, 1.165) is 27.6 Å². The first-order valence-corrected chi connectivity index (χ1v) is 10.9. The minimum atomic E-state index is -0.453. The maximum Gasteiger partial charge on any atom is 0.217 e. The second-order valence-electron chi connectivity index (χ2n) is 7.72. The first-order chi connectivity index (χ1) is 16.0. The van der Waals surface area contributed by atoms with E-state index in [4.69, 9.17) is 11.6 Å². The zero-order chi connectivity index (χ0) is 23.4. The molecular formula is C26H23ClFN3O2. The highest BCUT2D eigenvalue weighted by atomic mass is 35.5. The second kappa shape index (κ2) is 9.98. The maximum atomic E-state index is 14.1. The Kier molecular flexibility index (Phi) is 6.87. The minimum Gasteiger partial charge on any atom is -0.394 e. The molecule has 4 rings (SSSR count). The van der Waals surface area contributed by atoms with Crippen LogP contribution in [0.5, 0.6) is 0 Å². The van der Waals surface area contributed by atoms with E-state index in [2.05, 4.69) is 15.6 Å². The highest BCUT2D eigenvalue weighted by Gasteiger charge is 2.13. The molecule has 0 aliphatic heterocycles. The predicted octanol–water partition coefficient (Wildman–Crippen LogP) is 5.48. The fraction of sp³-hybridized carbons (Fsp3) is 0.154. The second-order valence-corrected chi connectivity index (χ2v) is 8.12. The summed E-state index contributed by atoms with van der Waals surface area (Å²) in [4.78, 5) is 15.8. The Morgan fingerprint density at radius 2 is 1.82 bits per heavy atom. The molecule has 0 aliphatic carbocycles. The lowest BCUT2D eigenvalue weighted by atomic mass is 9.99. The number of carbonyl (C=O) groups excluding carboxylic acids is 1. The van der Waals surface area contributed by atoms with Gasteiger partial charge < -0.3 is 15.7 Å². The SMILES string of the molecule is CC(=O)NC(CO)c1ccc(-c2ccc3ncc(Cl)c(NCc4ccccc4F)c3c2)cc1. The van der Waals surface area contributed by atoms with E-state index < -0.39 is 6.04 Å². The highest BCUT2D eigenvalue weighted by Crippen LogP contribution is 2.33. The van der Waals surface area contributed by atoms with Crippen molar-refractivity contribution in [1.29, 1.82) is 0 Å². The zero-order valence-electron chi connectivity index (χ0n) is 18.0. The van der Waals surface area contributed by atoms with Crippen LogP contribution in [-0.4, -0.2) is 22.6 Å². The highest BCUT2D eigenvalue weighted by molar-refractivity contribution is 6.34. The van der Waals surface area contributed by atoms with Crippen molar-refractivity contribution < 1.29 is 14.3 Å². The molecule has 3 aromatic carbocycles. The first kappa shape index (κ1) is 22.7. The number of halogens is 2. The lowest BCUT2D eigenvalue weighted by Gasteiger charge is -2.16. The Labute approximate surface area is 196 Å². The number of anilines is 1. The van der Waals surface area contributed by atoms with E-state index in [1.807, 2.05) is 42.5 Å². The number of pyridine rings is 1. The van der Waals surface area contributed by atoms with Gasteiger partial charge in [-0.1, -0.05) is 60.1 Å². The van der Waals surface area contributed by atoms with Crippen molar-refractivity contribution in [2.45, 2.75) is 19.5 Å². The number of carbonyl (C=O) groups is 1. The van der Waals surface area contributed by atoms with Gasteiger partial charge in [0.2, 0.25) is 5.91 Å². The summed E-state index contributed by atoms with van der Waals surface area (Å²) in [5.74, 6) is -0.479. The van der Waals surface area contributed by atoms with Crippen LogP contribution < -0.4 is 10.6 Å². The molecule has 7 heteroatoms. The number of aromatic nitrogens is 1. The quantitative estimate of drug-likeness (QED) is 0.339. The zero-order valence-corrected chi connectivity index (χ0v) is 18.7.